The smallest absolute Gasteiger partial charge is 0.254 e. The van der Waals surface area contributed by atoms with Crippen LogP contribution in [0.15, 0.2) is 42.5 Å². The molecule has 1 heterocycles. The Balaban J connectivity index is 1.59. The van der Waals surface area contributed by atoms with Crippen molar-refractivity contribution in [3.63, 3.8) is 0 Å². The number of hydrogen-bond acceptors (Lipinski definition) is 4. The van der Waals surface area contributed by atoms with E-state index in [1.807, 2.05) is 36.4 Å². The third-order valence-electron chi connectivity index (χ3n) is 7.83. The molecule has 1 aliphatic heterocycles. The van der Waals surface area contributed by atoms with Crippen molar-refractivity contribution in [2.45, 2.75) is 68.9 Å². The Morgan fingerprint density at radius 3 is 2.42 bits per heavy atom. The van der Waals surface area contributed by atoms with Crippen LogP contribution in [0.2, 0.25) is 0 Å². The predicted molar refractivity (Wildman–Crippen MR) is 127 cm³/mol. The maximum absolute atomic E-state index is 14.0. The van der Waals surface area contributed by atoms with Gasteiger partial charge in [0.05, 0.1) is 31.4 Å². The highest BCUT2D eigenvalue weighted by Crippen LogP contribution is 2.53. The number of fused-ring (bicyclic) bond motifs is 1. The molecule has 5 rings (SSSR count). The van der Waals surface area contributed by atoms with Crippen molar-refractivity contribution >= 4 is 17.5 Å². The molecular weight excluding hydrogens is 416 g/mol. The molecule has 1 atom stereocenters. The SMILES string of the molecule is COc1ccc(NC(=O)C2c3ccccc3C(=O)N(C3CCCC3)C23CCCC3)c(OC)c1. The third kappa shape index (κ3) is 3.56. The third-order valence-corrected chi connectivity index (χ3v) is 7.83. The Kier molecular flexibility index (Phi) is 5.77. The summed E-state index contributed by atoms with van der Waals surface area (Å²) in [6.07, 6.45) is 8.14. The van der Waals surface area contributed by atoms with Gasteiger partial charge in [0.15, 0.2) is 0 Å². The van der Waals surface area contributed by atoms with E-state index >= 15 is 0 Å². The van der Waals surface area contributed by atoms with E-state index in [-0.39, 0.29) is 17.9 Å². The summed E-state index contributed by atoms with van der Waals surface area (Å²) in [5, 5.41) is 3.14. The summed E-state index contributed by atoms with van der Waals surface area (Å²) in [6, 6.07) is 13.3. The molecule has 33 heavy (non-hydrogen) atoms. The largest absolute Gasteiger partial charge is 0.497 e. The lowest BCUT2D eigenvalue weighted by atomic mass is 9.70. The first-order chi connectivity index (χ1) is 16.1. The zero-order valence-corrected chi connectivity index (χ0v) is 19.4. The molecule has 2 aliphatic carbocycles. The average Bonchev–Trinajstić information content (AvgIpc) is 3.53. The number of nitrogens with one attached hydrogen (secondary N) is 1. The molecule has 1 N–H and O–H groups in total. The van der Waals surface area contributed by atoms with Crippen molar-refractivity contribution in [3.05, 3.63) is 53.6 Å². The van der Waals surface area contributed by atoms with Crippen molar-refractivity contribution in [1.29, 1.82) is 0 Å². The molecule has 174 valence electrons. The fourth-order valence-corrected chi connectivity index (χ4v) is 6.40. The molecule has 2 aromatic rings. The van der Waals surface area contributed by atoms with E-state index in [2.05, 4.69) is 10.2 Å². The highest BCUT2D eigenvalue weighted by atomic mass is 16.5. The Hall–Kier alpha value is -3.02. The number of benzene rings is 2. The van der Waals surface area contributed by atoms with Crippen LogP contribution in [0.1, 0.15) is 73.2 Å². The summed E-state index contributed by atoms with van der Waals surface area (Å²) in [4.78, 5) is 30.0. The molecule has 3 aliphatic rings. The van der Waals surface area contributed by atoms with E-state index in [0.29, 0.717) is 22.7 Å². The van der Waals surface area contributed by atoms with Crippen LogP contribution in [0.3, 0.4) is 0 Å². The van der Waals surface area contributed by atoms with Crippen molar-refractivity contribution in [2.24, 2.45) is 0 Å². The Morgan fingerprint density at radius 1 is 1.00 bits per heavy atom. The number of rotatable bonds is 5. The maximum atomic E-state index is 14.0. The minimum atomic E-state index is -0.468. The molecule has 0 bridgehead atoms. The molecular formula is C27H32N2O4. The van der Waals surface area contributed by atoms with E-state index in [0.717, 1.165) is 56.9 Å². The summed E-state index contributed by atoms with van der Waals surface area (Å²) in [7, 11) is 3.18. The topological polar surface area (TPSA) is 67.9 Å². The normalized spacial score (nSPS) is 21.8. The predicted octanol–water partition coefficient (Wildman–Crippen LogP) is 5.14. The van der Waals surface area contributed by atoms with Gasteiger partial charge in [0, 0.05) is 17.7 Å². The zero-order valence-electron chi connectivity index (χ0n) is 19.4. The molecule has 1 spiro atoms. The molecule has 6 heteroatoms. The number of amides is 2. The van der Waals surface area contributed by atoms with Crippen LogP contribution in [-0.4, -0.2) is 42.5 Å². The van der Waals surface area contributed by atoms with Gasteiger partial charge in [-0.3, -0.25) is 9.59 Å². The number of methoxy groups -OCH3 is 2. The summed E-state index contributed by atoms with van der Waals surface area (Å²) < 4.78 is 10.8. The number of carbonyl (C=O) groups is 2. The van der Waals surface area contributed by atoms with Crippen LogP contribution in [-0.2, 0) is 4.79 Å². The van der Waals surface area contributed by atoms with E-state index in [1.54, 1.807) is 20.3 Å². The van der Waals surface area contributed by atoms with Gasteiger partial charge in [-0.05, 0) is 49.4 Å². The van der Waals surface area contributed by atoms with Gasteiger partial charge in [0.2, 0.25) is 5.91 Å². The van der Waals surface area contributed by atoms with Gasteiger partial charge in [-0.2, -0.15) is 0 Å². The second-order valence-electron chi connectivity index (χ2n) is 9.50. The van der Waals surface area contributed by atoms with Crippen LogP contribution in [0.4, 0.5) is 5.69 Å². The van der Waals surface area contributed by atoms with E-state index in [1.165, 1.54) is 0 Å². The van der Waals surface area contributed by atoms with Gasteiger partial charge in [-0.15, -0.1) is 0 Å². The quantitative estimate of drug-likeness (QED) is 0.688. The number of anilines is 1. The number of carbonyl (C=O) groups excluding carboxylic acids is 2. The van der Waals surface area contributed by atoms with Gasteiger partial charge in [0.25, 0.3) is 5.91 Å². The van der Waals surface area contributed by atoms with Crippen LogP contribution in [0.25, 0.3) is 0 Å². The monoisotopic (exact) mass is 448 g/mol. The minimum Gasteiger partial charge on any atom is -0.497 e. The Morgan fingerprint density at radius 2 is 1.73 bits per heavy atom. The van der Waals surface area contributed by atoms with Crippen molar-refractivity contribution in [3.8, 4) is 11.5 Å². The van der Waals surface area contributed by atoms with Crippen LogP contribution >= 0.6 is 0 Å². The molecule has 2 amide bonds. The van der Waals surface area contributed by atoms with E-state index < -0.39 is 11.5 Å². The molecule has 0 saturated heterocycles. The summed E-state index contributed by atoms with van der Waals surface area (Å²) in [5.74, 6) is 0.823. The standard InChI is InChI=1S/C27H32N2O4/c1-32-19-13-14-22(23(17-19)33-2)28-25(30)24-20-11-5-6-12-21(20)26(31)29(18-9-3-4-10-18)27(24)15-7-8-16-27/h5-6,11-14,17-18,24H,3-4,7-10,15-16H2,1-2H3,(H,28,30). The second-order valence-corrected chi connectivity index (χ2v) is 9.50. The van der Waals surface area contributed by atoms with Crippen molar-refractivity contribution < 1.29 is 19.1 Å². The highest BCUT2D eigenvalue weighted by molar-refractivity contribution is 6.05. The van der Waals surface area contributed by atoms with Gasteiger partial charge >= 0.3 is 0 Å². The summed E-state index contributed by atoms with van der Waals surface area (Å²) in [6.45, 7) is 0. The molecule has 2 aromatic carbocycles. The number of ether oxygens (including phenoxy) is 2. The van der Waals surface area contributed by atoms with Crippen LogP contribution < -0.4 is 14.8 Å². The zero-order chi connectivity index (χ0) is 23.0. The van der Waals surface area contributed by atoms with Crippen LogP contribution in [0, 0.1) is 0 Å². The second kappa shape index (κ2) is 8.73. The van der Waals surface area contributed by atoms with E-state index in [9.17, 15) is 9.59 Å². The first kappa shape index (κ1) is 21.8. The minimum absolute atomic E-state index is 0.0803. The van der Waals surface area contributed by atoms with Crippen LogP contribution in [0.5, 0.6) is 11.5 Å². The highest BCUT2D eigenvalue weighted by Gasteiger charge is 2.57. The molecule has 2 saturated carbocycles. The van der Waals surface area contributed by atoms with Crippen molar-refractivity contribution in [1.82, 2.24) is 4.90 Å². The number of hydrogen-bond donors (Lipinski definition) is 1. The first-order valence-corrected chi connectivity index (χ1v) is 12.0. The average molecular weight is 449 g/mol. The molecule has 0 aromatic heterocycles. The van der Waals surface area contributed by atoms with E-state index in [4.69, 9.17) is 9.47 Å². The summed E-state index contributed by atoms with van der Waals surface area (Å²) >= 11 is 0. The molecule has 2 fully saturated rings. The molecule has 6 nitrogen and oxygen atoms in total. The van der Waals surface area contributed by atoms with Crippen molar-refractivity contribution in [2.75, 3.05) is 19.5 Å². The Labute approximate surface area is 195 Å². The Bertz CT molecular complexity index is 1050. The fraction of sp³-hybridized carbons (Fsp3) is 0.481. The molecule has 1 unspecified atom stereocenters. The van der Waals surface area contributed by atoms with Gasteiger partial charge in [-0.25, -0.2) is 0 Å². The number of nitrogens with zero attached hydrogens (tertiary/aromatic N) is 1. The lowest BCUT2D eigenvalue weighted by Gasteiger charge is -2.52. The molecule has 0 radical (unpaired) electrons. The maximum Gasteiger partial charge on any atom is 0.254 e. The van der Waals surface area contributed by atoms with Gasteiger partial charge < -0.3 is 19.7 Å². The van der Waals surface area contributed by atoms with Gasteiger partial charge in [0.1, 0.15) is 11.5 Å². The lowest BCUT2D eigenvalue weighted by Crippen LogP contribution is -2.62. The lowest BCUT2D eigenvalue weighted by molar-refractivity contribution is -0.121. The van der Waals surface area contributed by atoms with Gasteiger partial charge in [-0.1, -0.05) is 43.9 Å². The summed E-state index contributed by atoms with van der Waals surface area (Å²) in [5.41, 5.74) is 1.66. The first-order valence-electron chi connectivity index (χ1n) is 12.0. The fourth-order valence-electron chi connectivity index (χ4n) is 6.40.